The number of carbonyl (C=O) groups excluding carboxylic acids is 1. The number of hydrogen-bond donors (Lipinski definition) is 1. The fourth-order valence-corrected chi connectivity index (χ4v) is 3.09. The van der Waals surface area contributed by atoms with Crippen molar-refractivity contribution in [1.29, 1.82) is 0 Å². The summed E-state index contributed by atoms with van der Waals surface area (Å²) in [7, 11) is 0. The van der Waals surface area contributed by atoms with Crippen LogP contribution in [0.2, 0.25) is 0 Å². The van der Waals surface area contributed by atoms with E-state index in [1.54, 1.807) is 12.1 Å². The van der Waals surface area contributed by atoms with Crippen LogP contribution in [0.3, 0.4) is 0 Å². The Balaban J connectivity index is 1.42. The molecule has 0 bridgehead atoms. The number of carbonyl (C=O) groups is 1. The minimum atomic E-state index is -0.353. The quantitative estimate of drug-likeness (QED) is 0.771. The maximum atomic E-state index is 12.4. The lowest BCUT2D eigenvalue weighted by Gasteiger charge is -2.37. The molecule has 0 aliphatic carbocycles. The van der Waals surface area contributed by atoms with Crippen LogP contribution in [0.1, 0.15) is 31.9 Å². The van der Waals surface area contributed by atoms with Gasteiger partial charge in [0, 0.05) is 18.1 Å². The third-order valence-electron chi connectivity index (χ3n) is 4.20. The Hall–Kier alpha value is -3.16. The number of para-hydroxylation sites is 1. The molecule has 8 nitrogen and oxygen atoms in total. The van der Waals surface area contributed by atoms with Crippen LogP contribution in [0.4, 0.5) is 0 Å². The van der Waals surface area contributed by atoms with E-state index in [1.165, 1.54) is 10.8 Å². The Labute approximate surface area is 150 Å². The third-order valence-corrected chi connectivity index (χ3v) is 4.20. The van der Waals surface area contributed by atoms with Crippen LogP contribution in [0, 0.1) is 0 Å². The van der Waals surface area contributed by atoms with E-state index in [9.17, 15) is 4.79 Å². The third kappa shape index (κ3) is 3.30. The van der Waals surface area contributed by atoms with E-state index in [-0.39, 0.29) is 24.2 Å². The Morgan fingerprint density at radius 3 is 3.08 bits per heavy atom. The molecule has 1 unspecified atom stereocenters. The summed E-state index contributed by atoms with van der Waals surface area (Å²) in [6.45, 7) is 3.90. The van der Waals surface area contributed by atoms with Gasteiger partial charge < -0.3 is 14.8 Å². The Kier molecular flexibility index (Phi) is 3.95. The minimum Gasteiger partial charge on any atom is -0.487 e. The zero-order valence-corrected chi connectivity index (χ0v) is 14.5. The summed E-state index contributed by atoms with van der Waals surface area (Å²) in [5, 5.41) is 14.8. The van der Waals surface area contributed by atoms with Crippen molar-refractivity contribution in [3.05, 3.63) is 48.3 Å². The first-order valence-electron chi connectivity index (χ1n) is 8.37. The lowest BCUT2D eigenvalue weighted by atomic mass is 9.90. The summed E-state index contributed by atoms with van der Waals surface area (Å²) >= 11 is 0. The number of hydrogen-bond acceptors (Lipinski definition) is 6. The highest BCUT2D eigenvalue weighted by Crippen LogP contribution is 2.39. The van der Waals surface area contributed by atoms with Gasteiger partial charge in [-0.3, -0.25) is 4.79 Å². The molecule has 0 fully saturated rings. The topological polar surface area (TPSA) is 90.6 Å². The van der Waals surface area contributed by atoms with Gasteiger partial charge in [-0.1, -0.05) is 18.2 Å². The molecule has 0 saturated heterocycles. The van der Waals surface area contributed by atoms with E-state index < -0.39 is 0 Å². The zero-order chi connectivity index (χ0) is 18.1. The van der Waals surface area contributed by atoms with E-state index in [0.29, 0.717) is 17.9 Å². The predicted molar refractivity (Wildman–Crippen MR) is 92.9 cm³/mol. The van der Waals surface area contributed by atoms with Gasteiger partial charge >= 0.3 is 0 Å². The van der Waals surface area contributed by atoms with Crippen LogP contribution in [-0.2, 0) is 4.79 Å². The average Bonchev–Trinajstić information content (AvgIpc) is 3.06. The highest BCUT2D eigenvalue weighted by atomic mass is 16.5. The number of benzene rings is 1. The molecule has 1 aliphatic heterocycles. The van der Waals surface area contributed by atoms with Gasteiger partial charge in [0.05, 0.1) is 6.04 Å². The number of aromatic nitrogens is 4. The Morgan fingerprint density at radius 2 is 2.19 bits per heavy atom. The molecule has 4 rings (SSSR count). The van der Waals surface area contributed by atoms with Crippen molar-refractivity contribution in [3.8, 4) is 11.6 Å². The number of rotatable bonds is 4. The van der Waals surface area contributed by atoms with Gasteiger partial charge in [0.2, 0.25) is 5.88 Å². The van der Waals surface area contributed by atoms with Crippen molar-refractivity contribution in [3.63, 3.8) is 0 Å². The first-order chi connectivity index (χ1) is 12.5. The lowest BCUT2D eigenvalue weighted by Crippen LogP contribution is -2.42. The minimum absolute atomic E-state index is 0.124. The van der Waals surface area contributed by atoms with E-state index in [4.69, 9.17) is 9.47 Å². The van der Waals surface area contributed by atoms with Crippen LogP contribution in [-0.4, -0.2) is 37.9 Å². The molecule has 0 spiro atoms. The first kappa shape index (κ1) is 16.3. The van der Waals surface area contributed by atoms with Gasteiger partial charge in [-0.15, -0.1) is 15.3 Å². The summed E-state index contributed by atoms with van der Waals surface area (Å²) < 4.78 is 13.0. The molecule has 134 valence electrons. The van der Waals surface area contributed by atoms with E-state index in [0.717, 1.165) is 11.3 Å². The maximum absolute atomic E-state index is 12.4. The SMILES string of the molecule is CC1(C)CC(NC(=O)COc2ccc3nncn3n2)c2ccccc2O1. The van der Waals surface area contributed by atoms with Crippen molar-refractivity contribution < 1.29 is 14.3 Å². The van der Waals surface area contributed by atoms with Crippen molar-refractivity contribution in [2.45, 2.75) is 31.9 Å². The van der Waals surface area contributed by atoms with Crippen molar-refractivity contribution in [2.75, 3.05) is 6.61 Å². The predicted octanol–water partition coefficient (Wildman–Crippen LogP) is 1.92. The Bertz CT molecular complexity index is 953. The van der Waals surface area contributed by atoms with Gasteiger partial charge in [0.25, 0.3) is 5.91 Å². The molecule has 1 aromatic carbocycles. The van der Waals surface area contributed by atoms with E-state index >= 15 is 0 Å². The number of nitrogens with zero attached hydrogens (tertiary/aromatic N) is 4. The molecule has 1 N–H and O–H groups in total. The smallest absolute Gasteiger partial charge is 0.258 e. The summed E-state index contributed by atoms with van der Waals surface area (Å²) in [6, 6.07) is 11.0. The van der Waals surface area contributed by atoms with Crippen molar-refractivity contribution >= 4 is 11.6 Å². The van der Waals surface area contributed by atoms with Gasteiger partial charge in [-0.05, 0) is 26.0 Å². The second-order valence-corrected chi connectivity index (χ2v) is 6.82. The van der Waals surface area contributed by atoms with Crippen LogP contribution >= 0.6 is 0 Å². The molecule has 3 aromatic rings. The van der Waals surface area contributed by atoms with Crippen LogP contribution in [0.25, 0.3) is 5.65 Å². The number of ether oxygens (including phenoxy) is 2. The summed E-state index contributed by atoms with van der Waals surface area (Å²) in [5.41, 5.74) is 1.24. The molecule has 3 heterocycles. The highest BCUT2D eigenvalue weighted by Gasteiger charge is 2.34. The van der Waals surface area contributed by atoms with Gasteiger partial charge in [0.15, 0.2) is 12.3 Å². The summed E-state index contributed by atoms with van der Waals surface area (Å²) in [5.74, 6) is 0.919. The maximum Gasteiger partial charge on any atom is 0.258 e. The zero-order valence-electron chi connectivity index (χ0n) is 14.5. The fourth-order valence-electron chi connectivity index (χ4n) is 3.09. The van der Waals surface area contributed by atoms with Gasteiger partial charge in [-0.25, -0.2) is 0 Å². The van der Waals surface area contributed by atoms with Crippen LogP contribution < -0.4 is 14.8 Å². The molecule has 26 heavy (non-hydrogen) atoms. The fraction of sp³-hybridized carbons (Fsp3) is 0.333. The first-order valence-corrected chi connectivity index (χ1v) is 8.37. The molecule has 0 saturated carbocycles. The number of nitrogens with one attached hydrogen (secondary N) is 1. The molecule has 0 radical (unpaired) electrons. The second kappa shape index (κ2) is 6.29. The average molecular weight is 353 g/mol. The number of amides is 1. The Morgan fingerprint density at radius 1 is 1.35 bits per heavy atom. The molecule has 2 aromatic heterocycles. The standard InChI is InChI=1S/C18H19N5O3/c1-18(2)9-13(12-5-3-4-6-14(12)26-18)20-16(24)10-25-17-8-7-15-21-19-11-23(15)22-17/h3-8,11,13H,9-10H2,1-2H3,(H,20,24). The normalized spacial score (nSPS) is 18.0. The van der Waals surface area contributed by atoms with Crippen molar-refractivity contribution in [2.24, 2.45) is 0 Å². The summed E-state index contributed by atoms with van der Waals surface area (Å²) in [4.78, 5) is 12.4. The van der Waals surface area contributed by atoms with Gasteiger partial charge in [0.1, 0.15) is 17.7 Å². The molecular formula is C18H19N5O3. The van der Waals surface area contributed by atoms with Crippen molar-refractivity contribution in [1.82, 2.24) is 25.1 Å². The van der Waals surface area contributed by atoms with Gasteiger partial charge in [-0.2, -0.15) is 4.52 Å². The largest absolute Gasteiger partial charge is 0.487 e. The number of fused-ring (bicyclic) bond motifs is 2. The molecule has 1 atom stereocenters. The monoisotopic (exact) mass is 353 g/mol. The lowest BCUT2D eigenvalue weighted by molar-refractivity contribution is -0.124. The summed E-state index contributed by atoms with van der Waals surface area (Å²) in [6.07, 6.45) is 2.16. The second-order valence-electron chi connectivity index (χ2n) is 6.82. The molecular weight excluding hydrogens is 334 g/mol. The van der Waals surface area contributed by atoms with E-state index in [1.807, 2.05) is 38.1 Å². The highest BCUT2D eigenvalue weighted by molar-refractivity contribution is 5.78. The molecule has 1 aliphatic rings. The molecule has 1 amide bonds. The molecule has 8 heteroatoms. The van der Waals surface area contributed by atoms with Crippen LogP contribution in [0.15, 0.2) is 42.7 Å². The van der Waals surface area contributed by atoms with Crippen LogP contribution in [0.5, 0.6) is 11.6 Å². The van der Waals surface area contributed by atoms with E-state index in [2.05, 4.69) is 20.6 Å².